The molecule has 1 aliphatic heterocycles. The second-order valence-corrected chi connectivity index (χ2v) is 9.71. The average molecular weight is 290 g/mol. The zero-order valence-corrected chi connectivity index (χ0v) is 14.4. The van der Waals surface area contributed by atoms with Gasteiger partial charge in [0.25, 0.3) is 0 Å². The minimum absolute atomic E-state index is 0.558. The zero-order chi connectivity index (χ0) is 14.7. The molecule has 1 saturated heterocycles. The molecule has 5 fully saturated rings. The van der Waals surface area contributed by atoms with Crippen LogP contribution < -0.4 is 5.32 Å². The van der Waals surface area contributed by atoms with Crippen molar-refractivity contribution in [3.8, 4) is 0 Å². The van der Waals surface area contributed by atoms with Gasteiger partial charge in [0.1, 0.15) is 0 Å². The van der Waals surface area contributed by atoms with Crippen molar-refractivity contribution in [1.82, 2.24) is 10.2 Å². The molecule has 3 atom stereocenters. The van der Waals surface area contributed by atoms with E-state index in [0.717, 1.165) is 12.0 Å². The predicted octanol–water partition coefficient (Wildman–Crippen LogP) is 3.81. The van der Waals surface area contributed by atoms with E-state index >= 15 is 0 Å². The van der Waals surface area contributed by atoms with Gasteiger partial charge >= 0.3 is 0 Å². The lowest BCUT2D eigenvalue weighted by atomic mass is 9.42. The van der Waals surface area contributed by atoms with E-state index in [-0.39, 0.29) is 0 Å². The summed E-state index contributed by atoms with van der Waals surface area (Å²) in [5.41, 5.74) is 1.85. The van der Waals surface area contributed by atoms with Gasteiger partial charge in [0.2, 0.25) is 0 Å². The lowest BCUT2D eigenvalue weighted by Crippen LogP contribution is -2.66. The number of nitrogens with one attached hydrogen (secondary N) is 1. The predicted molar refractivity (Wildman–Crippen MR) is 88.4 cm³/mol. The van der Waals surface area contributed by atoms with Crippen molar-refractivity contribution in [3.05, 3.63) is 0 Å². The maximum absolute atomic E-state index is 3.77. The second kappa shape index (κ2) is 4.71. The summed E-state index contributed by atoms with van der Waals surface area (Å²) in [6, 6.07) is 0.723. The van der Waals surface area contributed by atoms with Crippen LogP contribution in [0.2, 0.25) is 0 Å². The highest BCUT2D eigenvalue weighted by Crippen LogP contribution is 2.67. The Morgan fingerprint density at radius 2 is 1.76 bits per heavy atom. The van der Waals surface area contributed by atoms with E-state index in [1.807, 2.05) is 0 Å². The molecule has 2 nitrogen and oxygen atoms in total. The molecule has 0 radical (unpaired) electrons. The summed E-state index contributed by atoms with van der Waals surface area (Å²) in [6.07, 6.45) is 11.7. The third kappa shape index (κ3) is 2.37. The fourth-order valence-electron chi connectivity index (χ4n) is 7.44. The highest BCUT2D eigenvalue weighted by molar-refractivity contribution is 5.15. The summed E-state index contributed by atoms with van der Waals surface area (Å²) in [6.45, 7) is 11.4. The van der Waals surface area contributed by atoms with Gasteiger partial charge in [-0.25, -0.2) is 0 Å². The molecule has 4 aliphatic carbocycles. The van der Waals surface area contributed by atoms with Gasteiger partial charge in [-0.3, -0.25) is 4.90 Å². The third-order valence-corrected chi connectivity index (χ3v) is 7.24. The second-order valence-electron chi connectivity index (χ2n) is 9.71. The Morgan fingerprint density at radius 3 is 2.38 bits per heavy atom. The first-order valence-electron chi connectivity index (χ1n) is 9.43. The summed E-state index contributed by atoms with van der Waals surface area (Å²) < 4.78 is 0. The highest BCUT2D eigenvalue weighted by atomic mass is 15.2. The van der Waals surface area contributed by atoms with E-state index < -0.39 is 0 Å². The van der Waals surface area contributed by atoms with E-state index in [0.29, 0.717) is 16.4 Å². The Balaban J connectivity index is 1.63. The standard InChI is InChI=1S/C19H34N2/c1-4-16-11-21(7-5-6-20-16)19-10-15-8-17(2,13-19)12-18(3,9-15)14-19/h15-16,20H,4-14H2,1-3H3. The van der Waals surface area contributed by atoms with Gasteiger partial charge < -0.3 is 5.32 Å². The number of hydrogen-bond donors (Lipinski definition) is 1. The zero-order valence-electron chi connectivity index (χ0n) is 14.4. The minimum Gasteiger partial charge on any atom is -0.313 e. The quantitative estimate of drug-likeness (QED) is 0.832. The molecule has 5 aliphatic rings. The van der Waals surface area contributed by atoms with Crippen LogP contribution in [0.5, 0.6) is 0 Å². The molecule has 2 heteroatoms. The molecule has 0 aromatic rings. The molecule has 5 rings (SSSR count). The van der Waals surface area contributed by atoms with Crippen molar-refractivity contribution in [3.63, 3.8) is 0 Å². The van der Waals surface area contributed by atoms with Crippen molar-refractivity contribution in [2.45, 2.75) is 83.7 Å². The molecule has 0 aromatic heterocycles. The molecule has 120 valence electrons. The number of nitrogens with zero attached hydrogens (tertiary/aromatic N) is 1. The fourth-order valence-corrected chi connectivity index (χ4v) is 7.44. The van der Waals surface area contributed by atoms with E-state index in [2.05, 4.69) is 31.0 Å². The van der Waals surface area contributed by atoms with Crippen LogP contribution in [0.4, 0.5) is 0 Å². The number of rotatable bonds is 2. The maximum atomic E-state index is 3.77. The Hall–Kier alpha value is -0.0800. The van der Waals surface area contributed by atoms with E-state index in [4.69, 9.17) is 0 Å². The lowest BCUT2D eigenvalue weighted by Gasteiger charge is -2.68. The maximum Gasteiger partial charge on any atom is 0.0223 e. The first kappa shape index (κ1) is 14.5. The summed E-state index contributed by atoms with van der Waals surface area (Å²) in [7, 11) is 0. The Bertz CT molecular complexity index is 400. The molecule has 1 heterocycles. The highest BCUT2D eigenvalue weighted by Gasteiger charge is 2.61. The van der Waals surface area contributed by atoms with Crippen LogP contribution in [0.1, 0.15) is 72.1 Å². The van der Waals surface area contributed by atoms with Gasteiger partial charge in [0, 0.05) is 18.1 Å². The Labute approximate surface area is 131 Å². The minimum atomic E-state index is 0.558. The molecule has 4 saturated carbocycles. The van der Waals surface area contributed by atoms with Crippen LogP contribution in [0.25, 0.3) is 0 Å². The first-order chi connectivity index (χ1) is 9.94. The van der Waals surface area contributed by atoms with Gasteiger partial charge in [-0.15, -0.1) is 0 Å². The normalized spacial score (nSPS) is 53.9. The monoisotopic (exact) mass is 290 g/mol. The van der Waals surface area contributed by atoms with Crippen LogP contribution in [-0.2, 0) is 0 Å². The van der Waals surface area contributed by atoms with Gasteiger partial charge in [-0.05, 0) is 81.2 Å². The third-order valence-electron chi connectivity index (χ3n) is 7.24. The molecule has 4 bridgehead atoms. The molecule has 0 spiro atoms. The molecule has 1 N–H and O–H groups in total. The Kier molecular flexibility index (Phi) is 3.25. The van der Waals surface area contributed by atoms with E-state index in [1.54, 1.807) is 0 Å². The topological polar surface area (TPSA) is 15.3 Å². The molecule has 3 unspecified atom stereocenters. The fraction of sp³-hybridized carbons (Fsp3) is 1.00. The molecule has 21 heavy (non-hydrogen) atoms. The van der Waals surface area contributed by atoms with Gasteiger partial charge in [-0.1, -0.05) is 20.8 Å². The molecular weight excluding hydrogens is 256 g/mol. The van der Waals surface area contributed by atoms with Gasteiger partial charge in [0.05, 0.1) is 0 Å². The van der Waals surface area contributed by atoms with Crippen LogP contribution in [0.3, 0.4) is 0 Å². The Morgan fingerprint density at radius 1 is 1.05 bits per heavy atom. The summed E-state index contributed by atoms with van der Waals surface area (Å²) in [5, 5.41) is 3.77. The molecule has 0 aromatic carbocycles. The smallest absolute Gasteiger partial charge is 0.0223 e. The SMILES string of the molecule is CCC1CN(C23CC4CC(C)(CC(C)(C4)C2)C3)CCCN1. The largest absolute Gasteiger partial charge is 0.313 e. The van der Waals surface area contributed by atoms with Crippen LogP contribution in [-0.4, -0.2) is 36.1 Å². The van der Waals surface area contributed by atoms with Gasteiger partial charge in [0.15, 0.2) is 0 Å². The van der Waals surface area contributed by atoms with Crippen molar-refractivity contribution >= 4 is 0 Å². The van der Waals surface area contributed by atoms with Crippen molar-refractivity contribution < 1.29 is 0 Å². The van der Waals surface area contributed by atoms with E-state index in [1.165, 1.54) is 71.0 Å². The number of hydrogen-bond acceptors (Lipinski definition) is 2. The average Bonchev–Trinajstić information content (AvgIpc) is 2.59. The van der Waals surface area contributed by atoms with Crippen molar-refractivity contribution in [2.75, 3.05) is 19.6 Å². The van der Waals surface area contributed by atoms with Gasteiger partial charge in [-0.2, -0.15) is 0 Å². The molecular formula is C19H34N2. The van der Waals surface area contributed by atoms with Crippen LogP contribution in [0, 0.1) is 16.7 Å². The van der Waals surface area contributed by atoms with Crippen molar-refractivity contribution in [1.29, 1.82) is 0 Å². The summed E-state index contributed by atoms with van der Waals surface area (Å²) >= 11 is 0. The van der Waals surface area contributed by atoms with Crippen molar-refractivity contribution in [2.24, 2.45) is 16.7 Å². The summed E-state index contributed by atoms with van der Waals surface area (Å²) in [4.78, 5) is 2.96. The lowest BCUT2D eigenvalue weighted by molar-refractivity contribution is -0.161. The van der Waals surface area contributed by atoms with Crippen LogP contribution in [0.15, 0.2) is 0 Å². The first-order valence-corrected chi connectivity index (χ1v) is 9.43. The van der Waals surface area contributed by atoms with Crippen LogP contribution >= 0.6 is 0 Å². The molecule has 0 amide bonds. The van der Waals surface area contributed by atoms with E-state index in [9.17, 15) is 0 Å². The summed E-state index contributed by atoms with van der Waals surface area (Å²) in [5.74, 6) is 1.02.